The SMILES string of the molecule is NNC(CSc1ccccc1)c1sccc1Cl. The van der Waals surface area contributed by atoms with Crippen LogP contribution in [0.2, 0.25) is 5.02 Å². The third-order valence-electron chi connectivity index (χ3n) is 2.32. The van der Waals surface area contributed by atoms with Gasteiger partial charge in [0.1, 0.15) is 0 Å². The normalized spacial score (nSPS) is 12.6. The van der Waals surface area contributed by atoms with E-state index in [1.165, 1.54) is 4.90 Å². The van der Waals surface area contributed by atoms with Gasteiger partial charge in [-0.15, -0.1) is 23.1 Å². The Morgan fingerprint density at radius 1 is 1.29 bits per heavy atom. The van der Waals surface area contributed by atoms with Crippen LogP contribution in [0.1, 0.15) is 10.9 Å². The van der Waals surface area contributed by atoms with E-state index in [1.54, 1.807) is 23.1 Å². The van der Waals surface area contributed by atoms with Gasteiger partial charge in [-0.2, -0.15) is 0 Å². The number of hydrogen-bond acceptors (Lipinski definition) is 4. The van der Waals surface area contributed by atoms with Gasteiger partial charge in [0.2, 0.25) is 0 Å². The Morgan fingerprint density at radius 3 is 2.65 bits per heavy atom. The van der Waals surface area contributed by atoms with Crippen molar-refractivity contribution in [3.63, 3.8) is 0 Å². The van der Waals surface area contributed by atoms with Gasteiger partial charge in [0.25, 0.3) is 0 Å². The van der Waals surface area contributed by atoms with E-state index in [0.717, 1.165) is 15.7 Å². The summed E-state index contributed by atoms with van der Waals surface area (Å²) in [5.74, 6) is 6.44. The van der Waals surface area contributed by atoms with Gasteiger partial charge in [0.15, 0.2) is 0 Å². The molecular formula is C12H13ClN2S2. The van der Waals surface area contributed by atoms with Crippen LogP contribution in [0.5, 0.6) is 0 Å². The van der Waals surface area contributed by atoms with Gasteiger partial charge >= 0.3 is 0 Å². The number of hydrogen-bond donors (Lipinski definition) is 2. The summed E-state index contributed by atoms with van der Waals surface area (Å²) >= 11 is 9.50. The zero-order chi connectivity index (χ0) is 12.1. The van der Waals surface area contributed by atoms with Gasteiger partial charge in [0.05, 0.1) is 11.1 Å². The number of thioether (sulfide) groups is 1. The Hall–Kier alpha value is -0.520. The van der Waals surface area contributed by atoms with Crippen LogP contribution in [-0.4, -0.2) is 5.75 Å². The molecule has 0 radical (unpaired) electrons. The molecular weight excluding hydrogens is 272 g/mol. The second kappa shape index (κ2) is 6.42. The van der Waals surface area contributed by atoms with Gasteiger partial charge in [-0.25, -0.2) is 0 Å². The van der Waals surface area contributed by atoms with Crippen molar-refractivity contribution in [3.8, 4) is 0 Å². The van der Waals surface area contributed by atoms with Gasteiger partial charge < -0.3 is 0 Å². The molecule has 0 aliphatic carbocycles. The quantitative estimate of drug-likeness (QED) is 0.499. The maximum atomic E-state index is 6.10. The third-order valence-corrected chi connectivity index (χ3v) is 4.90. The fourth-order valence-electron chi connectivity index (χ4n) is 1.45. The first-order valence-electron chi connectivity index (χ1n) is 5.18. The lowest BCUT2D eigenvalue weighted by Crippen LogP contribution is -2.29. The molecule has 0 fully saturated rings. The minimum atomic E-state index is 0.0905. The van der Waals surface area contributed by atoms with Crippen molar-refractivity contribution in [1.82, 2.24) is 5.43 Å². The Morgan fingerprint density at radius 2 is 2.06 bits per heavy atom. The number of hydrazine groups is 1. The molecule has 0 bridgehead atoms. The lowest BCUT2D eigenvalue weighted by molar-refractivity contribution is 0.620. The first-order valence-corrected chi connectivity index (χ1v) is 7.42. The Labute approximate surface area is 114 Å². The van der Waals surface area contributed by atoms with E-state index < -0.39 is 0 Å². The molecule has 0 spiro atoms. The van der Waals surface area contributed by atoms with Gasteiger partial charge in [0, 0.05) is 15.5 Å². The van der Waals surface area contributed by atoms with E-state index in [2.05, 4.69) is 17.6 Å². The zero-order valence-corrected chi connectivity index (χ0v) is 11.5. The molecule has 0 aliphatic heterocycles. The van der Waals surface area contributed by atoms with Crippen molar-refractivity contribution < 1.29 is 0 Å². The maximum absolute atomic E-state index is 6.10. The highest BCUT2D eigenvalue weighted by molar-refractivity contribution is 7.99. The summed E-state index contributed by atoms with van der Waals surface area (Å²) in [5.41, 5.74) is 2.82. The smallest absolute Gasteiger partial charge is 0.0662 e. The number of thiophene rings is 1. The molecule has 1 unspecified atom stereocenters. The second-order valence-electron chi connectivity index (χ2n) is 3.48. The summed E-state index contributed by atoms with van der Waals surface area (Å²) in [4.78, 5) is 2.33. The zero-order valence-electron chi connectivity index (χ0n) is 9.10. The second-order valence-corrected chi connectivity index (χ2v) is 5.92. The first kappa shape index (κ1) is 12.9. The number of benzene rings is 1. The van der Waals surface area contributed by atoms with E-state index in [4.69, 9.17) is 17.4 Å². The summed E-state index contributed by atoms with van der Waals surface area (Å²) in [7, 11) is 0. The molecule has 1 heterocycles. The highest BCUT2D eigenvalue weighted by Crippen LogP contribution is 2.32. The van der Waals surface area contributed by atoms with E-state index >= 15 is 0 Å². The van der Waals surface area contributed by atoms with Crippen molar-refractivity contribution in [3.05, 3.63) is 51.7 Å². The summed E-state index contributed by atoms with van der Waals surface area (Å²) in [6.45, 7) is 0. The highest BCUT2D eigenvalue weighted by atomic mass is 35.5. The van der Waals surface area contributed by atoms with Crippen LogP contribution < -0.4 is 11.3 Å². The monoisotopic (exact) mass is 284 g/mol. The molecule has 17 heavy (non-hydrogen) atoms. The molecule has 2 rings (SSSR count). The third kappa shape index (κ3) is 3.47. The van der Waals surface area contributed by atoms with E-state index in [0.29, 0.717) is 0 Å². The van der Waals surface area contributed by atoms with Crippen molar-refractivity contribution in [2.24, 2.45) is 5.84 Å². The predicted octanol–water partition coefficient (Wildman–Crippen LogP) is 3.70. The number of rotatable bonds is 5. The molecule has 0 saturated heterocycles. The molecule has 90 valence electrons. The van der Waals surface area contributed by atoms with Crippen LogP contribution in [0.15, 0.2) is 46.7 Å². The largest absolute Gasteiger partial charge is 0.271 e. The van der Waals surface area contributed by atoms with Gasteiger partial charge in [-0.05, 0) is 23.6 Å². The molecule has 2 nitrogen and oxygen atoms in total. The van der Waals surface area contributed by atoms with Crippen LogP contribution in [0, 0.1) is 0 Å². The standard InChI is InChI=1S/C12H13ClN2S2/c13-10-6-7-16-12(10)11(15-14)8-17-9-4-2-1-3-5-9/h1-7,11,15H,8,14H2. The maximum Gasteiger partial charge on any atom is 0.0662 e. The molecule has 0 aliphatic rings. The molecule has 3 N–H and O–H groups in total. The fourth-order valence-corrected chi connectivity index (χ4v) is 3.78. The van der Waals surface area contributed by atoms with Crippen LogP contribution in [-0.2, 0) is 0 Å². The first-order chi connectivity index (χ1) is 8.31. The Balaban J connectivity index is 2.00. The molecule has 0 amide bonds. The molecule has 1 aromatic carbocycles. The molecule has 1 atom stereocenters. The number of halogens is 1. The number of nitrogens with two attached hydrogens (primary N) is 1. The fraction of sp³-hybridized carbons (Fsp3) is 0.167. The highest BCUT2D eigenvalue weighted by Gasteiger charge is 2.14. The summed E-state index contributed by atoms with van der Waals surface area (Å²) in [6.07, 6.45) is 0. The van der Waals surface area contributed by atoms with Crippen LogP contribution >= 0.6 is 34.7 Å². The lowest BCUT2D eigenvalue weighted by Gasteiger charge is -2.14. The van der Waals surface area contributed by atoms with E-state index in [9.17, 15) is 0 Å². The summed E-state index contributed by atoms with van der Waals surface area (Å²) in [6, 6.07) is 12.3. The summed E-state index contributed by atoms with van der Waals surface area (Å²) < 4.78 is 0. The Kier molecular flexibility index (Phi) is 4.88. The van der Waals surface area contributed by atoms with E-state index in [-0.39, 0.29) is 6.04 Å². The Bertz CT molecular complexity index is 459. The molecule has 2 aromatic rings. The van der Waals surface area contributed by atoms with Gasteiger partial charge in [-0.1, -0.05) is 29.8 Å². The van der Waals surface area contributed by atoms with Crippen molar-refractivity contribution >= 4 is 34.7 Å². The average molecular weight is 285 g/mol. The van der Waals surface area contributed by atoms with Crippen molar-refractivity contribution in [2.75, 3.05) is 5.75 Å². The van der Waals surface area contributed by atoms with Crippen LogP contribution in [0.4, 0.5) is 0 Å². The minimum absolute atomic E-state index is 0.0905. The summed E-state index contributed by atoms with van der Waals surface area (Å²) in [5, 5.41) is 2.77. The topological polar surface area (TPSA) is 38.0 Å². The average Bonchev–Trinajstić information content (AvgIpc) is 2.78. The molecule has 1 aromatic heterocycles. The minimum Gasteiger partial charge on any atom is -0.271 e. The molecule has 5 heteroatoms. The van der Waals surface area contributed by atoms with E-state index in [1.807, 2.05) is 29.6 Å². The lowest BCUT2D eigenvalue weighted by atomic mass is 10.3. The van der Waals surface area contributed by atoms with Crippen molar-refractivity contribution in [1.29, 1.82) is 0 Å². The predicted molar refractivity (Wildman–Crippen MR) is 76.6 cm³/mol. The number of nitrogens with one attached hydrogen (secondary N) is 1. The van der Waals surface area contributed by atoms with Crippen LogP contribution in [0.3, 0.4) is 0 Å². The van der Waals surface area contributed by atoms with Gasteiger partial charge in [-0.3, -0.25) is 11.3 Å². The molecule has 0 saturated carbocycles. The van der Waals surface area contributed by atoms with Crippen molar-refractivity contribution in [2.45, 2.75) is 10.9 Å². The van der Waals surface area contributed by atoms with Crippen LogP contribution in [0.25, 0.3) is 0 Å².